The fourth-order valence-corrected chi connectivity index (χ4v) is 4.32. The van der Waals surface area contributed by atoms with Gasteiger partial charge in [-0.15, -0.1) is 0 Å². The lowest BCUT2D eigenvalue weighted by Crippen LogP contribution is -2.41. The van der Waals surface area contributed by atoms with Gasteiger partial charge in [0.2, 0.25) is 5.91 Å². The Bertz CT molecular complexity index is 1030. The van der Waals surface area contributed by atoms with Crippen LogP contribution in [0.4, 0.5) is 0 Å². The third-order valence-electron chi connectivity index (χ3n) is 5.53. The van der Waals surface area contributed by atoms with Crippen molar-refractivity contribution < 1.29 is 14.3 Å². The number of aryl methyl sites for hydroxylation is 1. The predicted molar refractivity (Wildman–Crippen MR) is 121 cm³/mol. The molecule has 3 aromatic rings. The van der Waals surface area contributed by atoms with Crippen LogP contribution in [0.15, 0.2) is 59.2 Å². The summed E-state index contributed by atoms with van der Waals surface area (Å²) in [5.74, 6) is 1.82. The van der Waals surface area contributed by atoms with Crippen molar-refractivity contribution in [3.05, 3.63) is 64.8 Å². The van der Waals surface area contributed by atoms with Gasteiger partial charge in [0.25, 0.3) is 0 Å². The third kappa shape index (κ3) is 4.75. The summed E-state index contributed by atoms with van der Waals surface area (Å²) in [6.45, 7) is 1.44. The van der Waals surface area contributed by atoms with Crippen LogP contribution in [0.1, 0.15) is 24.8 Å². The van der Waals surface area contributed by atoms with Gasteiger partial charge in [-0.05, 0) is 42.3 Å². The molecule has 0 bridgehead atoms. The standard InChI is InChI=1S/C24H25BrN2O3/c1-29-21-9-8-19(25)16-18(21)7-10-23(28)27-14-11-20(12-15-27)30-22-6-2-4-17-5-3-13-26-24(17)22/h2-6,8-9,13,16,20H,7,10-12,14-15H2,1H3. The minimum Gasteiger partial charge on any atom is -0.496 e. The number of para-hydroxylation sites is 1. The highest BCUT2D eigenvalue weighted by Gasteiger charge is 2.24. The molecule has 4 rings (SSSR count). The Morgan fingerprint density at radius 2 is 1.93 bits per heavy atom. The van der Waals surface area contributed by atoms with E-state index < -0.39 is 0 Å². The number of ether oxygens (including phenoxy) is 2. The molecule has 1 aromatic heterocycles. The van der Waals surface area contributed by atoms with Gasteiger partial charge in [-0.2, -0.15) is 0 Å². The fourth-order valence-electron chi connectivity index (χ4n) is 3.92. The molecule has 1 amide bonds. The van der Waals surface area contributed by atoms with E-state index in [-0.39, 0.29) is 12.0 Å². The molecule has 1 aliphatic rings. The molecule has 1 fully saturated rings. The monoisotopic (exact) mass is 468 g/mol. The molecule has 5 nitrogen and oxygen atoms in total. The Kier molecular flexibility index (Phi) is 6.53. The van der Waals surface area contributed by atoms with Gasteiger partial charge in [0.1, 0.15) is 23.1 Å². The molecule has 6 heteroatoms. The number of likely N-dealkylation sites (tertiary alicyclic amines) is 1. The molecule has 0 saturated carbocycles. The molecule has 2 heterocycles. The zero-order valence-electron chi connectivity index (χ0n) is 17.0. The van der Waals surface area contributed by atoms with Gasteiger partial charge in [0.05, 0.1) is 7.11 Å². The van der Waals surface area contributed by atoms with Gasteiger partial charge in [-0.25, -0.2) is 0 Å². The molecular formula is C24H25BrN2O3. The second-order valence-electron chi connectivity index (χ2n) is 7.49. The Morgan fingerprint density at radius 1 is 1.13 bits per heavy atom. The van der Waals surface area contributed by atoms with E-state index in [9.17, 15) is 4.79 Å². The molecule has 156 valence electrons. The summed E-state index contributed by atoms with van der Waals surface area (Å²) in [5.41, 5.74) is 1.93. The second kappa shape index (κ2) is 9.47. The first-order valence-electron chi connectivity index (χ1n) is 10.2. The Morgan fingerprint density at radius 3 is 2.73 bits per heavy atom. The van der Waals surface area contributed by atoms with E-state index >= 15 is 0 Å². The highest BCUT2D eigenvalue weighted by atomic mass is 79.9. The molecule has 0 radical (unpaired) electrons. The van der Waals surface area contributed by atoms with Gasteiger partial charge in [0, 0.05) is 48.4 Å². The molecular weight excluding hydrogens is 444 g/mol. The van der Waals surface area contributed by atoms with Crippen molar-refractivity contribution in [2.45, 2.75) is 31.8 Å². The first-order valence-corrected chi connectivity index (χ1v) is 11.0. The van der Waals surface area contributed by atoms with E-state index in [0.717, 1.165) is 58.4 Å². The lowest BCUT2D eigenvalue weighted by atomic mass is 10.0. The molecule has 1 aliphatic heterocycles. The van der Waals surface area contributed by atoms with Crippen LogP contribution in [-0.4, -0.2) is 42.1 Å². The normalized spacial score (nSPS) is 14.7. The number of carbonyl (C=O) groups is 1. The van der Waals surface area contributed by atoms with Crippen LogP contribution in [0.25, 0.3) is 10.9 Å². The summed E-state index contributed by atoms with van der Waals surface area (Å²) < 4.78 is 12.7. The number of nitrogens with zero attached hydrogens (tertiary/aromatic N) is 2. The zero-order valence-corrected chi connectivity index (χ0v) is 18.6. The van der Waals surface area contributed by atoms with E-state index in [0.29, 0.717) is 12.8 Å². The van der Waals surface area contributed by atoms with E-state index in [2.05, 4.69) is 20.9 Å². The number of benzene rings is 2. The molecule has 0 N–H and O–H groups in total. The summed E-state index contributed by atoms with van der Waals surface area (Å²) in [6, 6.07) is 15.9. The number of amides is 1. The van der Waals surface area contributed by atoms with E-state index in [1.165, 1.54) is 0 Å². The Labute approximate surface area is 185 Å². The van der Waals surface area contributed by atoms with Crippen molar-refractivity contribution in [3.63, 3.8) is 0 Å². The smallest absolute Gasteiger partial charge is 0.222 e. The molecule has 0 spiro atoms. The Hall–Kier alpha value is -2.60. The topological polar surface area (TPSA) is 51.7 Å². The first kappa shape index (κ1) is 20.7. The van der Waals surface area contributed by atoms with Gasteiger partial charge in [-0.1, -0.05) is 34.1 Å². The third-order valence-corrected chi connectivity index (χ3v) is 6.03. The number of methoxy groups -OCH3 is 1. The van der Waals surface area contributed by atoms with Crippen molar-refractivity contribution in [3.8, 4) is 11.5 Å². The zero-order chi connectivity index (χ0) is 20.9. The molecule has 1 saturated heterocycles. The van der Waals surface area contributed by atoms with Crippen molar-refractivity contribution in [1.82, 2.24) is 9.88 Å². The summed E-state index contributed by atoms with van der Waals surface area (Å²) in [4.78, 5) is 19.1. The van der Waals surface area contributed by atoms with Crippen LogP contribution in [0, 0.1) is 0 Å². The van der Waals surface area contributed by atoms with Gasteiger partial charge < -0.3 is 14.4 Å². The number of fused-ring (bicyclic) bond motifs is 1. The maximum absolute atomic E-state index is 12.7. The van der Waals surface area contributed by atoms with Crippen molar-refractivity contribution in [2.75, 3.05) is 20.2 Å². The fraction of sp³-hybridized carbons (Fsp3) is 0.333. The van der Waals surface area contributed by atoms with Crippen LogP contribution in [0.5, 0.6) is 11.5 Å². The van der Waals surface area contributed by atoms with E-state index in [1.54, 1.807) is 13.3 Å². The molecule has 0 aliphatic carbocycles. The summed E-state index contributed by atoms with van der Waals surface area (Å²) in [5, 5.41) is 1.07. The number of piperidine rings is 1. The van der Waals surface area contributed by atoms with Gasteiger partial charge >= 0.3 is 0 Å². The quantitative estimate of drug-likeness (QED) is 0.510. The largest absolute Gasteiger partial charge is 0.496 e. The molecule has 0 unspecified atom stereocenters. The highest BCUT2D eigenvalue weighted by molar-refractivity contribution is 9.10. The number of pyridine rings is 1. The van der Waals surface area contributed by atoms with Crippen LogP contribution in [0.3, 0.4) is 0 Å². The minimum absolute atomic E-state index is 0.104. The molecule has 2 aromatic carbocycles. The Balaban J connectivity index is 1.31. The SMILES string of the molecule is COc1ccc(Br)cc1CCC(=O)N1CCC(Oc2cccc3cccnc23)CC1. The minimum atomic E-state index is 0.104. The summed E-state index contributed by atoms with van der Waals surface area (Å²) in [7, 11) is 1.66. The maximum Gasteiger partial charge on any atom is 0.222 e. The molecule has 30 heavy (non-hydrogen) atoms. The van der Waals surface area contributed by atoms with Crippen molar-refractivity contribution >= 4 is 32.7 Å². The predicted octanol–water partition coefficient (Wildman–Crippen LogP) is 5.01. The lowest BCUT2D eigenvalue weighted by molar-refractivity contribution is -0.132. The van der Waals surface area contributed by atoms with Crippen molar-refractivity contribution in [2.24, 2.45) is 0 Å². The average Bonchev–Trinajstić information content (AvgIpc) is 2.78. The number of carbonyl (C=O) groups excluding carboxylic acids is 1. The number of rotatable bonds is 6. The summed E-state index contributed by atoms with van der Waals surface area (Å²) in [6.07, 6.45) is 4.69. The highest BCUT2D eigenvalue weighted by Crippen LogP contribution is 2.27. The lowest BCUT2D eigenvalue weighted by Gasteiger charge is -2.32. The van der Waals surface area contributed by atoms with Crippen LogP contribution < -0.4 is 9.47 Å². The van der Waals surface area contributed by atoms with Crippen LogP contribution in [-0.2, 0) is 11.2 Å². The van der Waals surface area contributed by atoms with Crippen molar-refractivity contribution in [1.29, 1.82) is 0 Å². The number of aromatic nitrogens is 1. The van der Waals surface area contributed by atoms with Crippen LogP contribution in [0.2, 0.25) is 0 Å². The van der Waals surface area contributed by atoms with E-state index in [4.69, 9.17) is 9.47 Å². The van der Waals surface area contributed by atoms with Gasteiger partial charge in [0.15, 0.2) is 0 Å². The first-order chi connectivity index (χ1) is 14.6. The van der Waals surface area contributed by atoms with E-state index in [1.807, 2.05) is 53.4 Å². The number of halogens is 1. The average molecular weight is 469 g/mol. The number of hydrogen-bond donors (Lipinski definition) is 0. The molecule has 0 atom stereocenters. The number of hydrogen-bond acceptors (Lipinski definition) is 4. The van der Waals surface area contributed by atoms with Gasteiger partial charge in [-0.3, -0.25) is 9.78 Å². The summed E-state index contributed by atoms with van der Waals surface area (Å²) >= 11 is 3.49. The maximum atomic E-state index is 12.7. The second-order valence-corrected chi connectivity index (χ2v) is 8.40. The van der Waals surface area contributed by atoms with Crippen LogP contribution >= 0.6 is 15.9 Å².